The largest absolute Gasteiger partial charge is 0.480 e. The number of aliphatic carboxylic acids is 1. The zero-order valence-corrected chi connectivity index (χ0v) is 12.6. The number of carboxylic acid groups (broad SMARTS) is 1. The van der Waals surface area contributed by atoms with Crippen LogP contribution in [-0.2, 0) is 4.79 Å². The van der Waals surface area contributed by atoms with Crippen molar-refractivity contribution in [3.63, 3.8) is 0 Å². The molecule has 5 N–H and O–H groups in total. The van der Waals surface area contributed by atoms with E-state index >= 15 is 0 Å². The van der Waals surface area contributed by atoms with E-state index in [4.69, 9.17) is 7.15 Å². The van der Waals surface area contributed by atoms with Gasteiger partial charge in [0.05, 0.1) is 0 Å². The van der Waals surface area contributed by atoms with Crippen LogP contribution in [0.3, 0.4) is 0 Å². The van der Waals surface area contributed by atoms with Gasteiger partial charge in [-0.15, -0.1) is 0 Å². The quantitative estimate of drug-likeness (QED) is 0.356. The van der Waals surface area contributed by atoms with Crippen LogP contribution in [0.15, 0.2) is 47.5 Å². The average molecular weight is 312 g/mol. The number of guanidine groups is 1. The zero-order valence-electron chi connectivity index (χ0n) is 13.6. The molecule has 0 saturated carbocycles. The van der Waals surface area contributed by atoms with Crippen molar-refractivity contribution in [2.24, 2.45) is 10.7 Å². The number of hydrogen-bond acceptors (Lipinski definition) is 3. The molecule has 0 aliphatic rings. The smallest absolute Gasteiger partial charge is 0.328 e. The second kappa shape index (κ2) is 7.93. The highest BCUT2D eigenvalue weighted by atomic mass is 16.4. The molecule has 6 heteroatoms. The monoisotopic (exact) mass is 312 g/mol. The van der Waals surface area contributed by atoms with Crippen LogP contribution in [0, 0.1) is 5.40 Å². The number of carboxylic acids is 1. The lowest BCUT2D eigenvalue weighted by molar-refractivity contribution is -0.138. The minimum Gasteiger partial charge on any atom is -0.480 e. The Morgan fingerprint density at radius 1 is 1.39 bits per heavy atom. The molecule has 0 fully saturated rings. The molecule has 0 radical (unpaired) electrons. The highest BCUT2D eigenvalue weighted by Gasteiger charge is 2.14. The maximum absolute atomic E-state index is 11.4. The average Bonchev–Trinajstić information content (AvgIpc) is 2.60. The van der Waals surface area contributed by atoms with Crippen LogP contribution in [0.25, 0.3) is 10.8 Å². The van der Waals surface area contributed by atoms with Gasteiger partial charge in [0, 0.05) is 18.3 Å². The third-order valence-electron chi connectivity index (χ3n) is 3.46. The predicted molar refractivity (Wildman–Crippen MR) is 92.1 cm³/mol. The van der Waals surface area contributed by atoms with Crippen molar-refractivity contribution < 1.29 is 11.3 Å². The Hall–Kier alpha value is -2.89. The van der Waals surface area contributed by atoms with E-state index in [0.29, 0.717) is 19.4 Å². The lowest BCUT2D eigenvalue weighted by atomic mass is 10.1. The van der Waals surface area contributed by atoms with E-state index in [2.05, 4.69) is 15.7 Å². The van der Waals surface area contributed by atoms with Gasteiger partial charge in [0.1, 0.15) is 6.04 Å². The van der Waals surface area contributed by atoms with Crippen molar-refractivity contribution in [3.8, 4) is 0 Å². The third-order valence-corrected chi connectivity index (χ3v) is 3.46. The summed E-state index contributed by atoms with van der Waals surface area (Å²) in [5.74, 6) is -0.949. The molecular weight excluding hydrogens is 292 g/mol. The molecule has 0 aromatic heterocycles. The highest BCUT2D eigenvalue weighted by Crippen LogP contribution is 2.17. The molecule has 0 saturated heterocycles. The number of fused-ring (bicyclic) bond motifs is 1. The summed E-state index contributed by atoms with van der Waals surface area (Å²) in [5.41, 5.74) is 6.23. The first-order valence-electron chi connectivity index (χ1n) is 7.81. The first-order chi connectivity index (χ1) is 11.6. The normalized spacial score (nSPS) is 13.9. The van der Waals surface area contributed by atoms with Crippen molar-refractivity contribution >= 4 is 28.9 Å². The molecule has 23 heavy (non-hydrogen) atoms. The van der Waals surface area contributed by atoms with E-state index in [0.717, 1.165) is 16.3 Å². The van der Waals surface area contributed by atoms with Crippen LogP contribution >= 0.6 is 0 Å². The van der Waals surface area contributed by atoms with Gasteiger partial charge in [0.2, 0.25) is 0 Å². The van der Waals surface area contributed by atoms with Gasteiger partial charge >= 0.3 is 5.97 Å². The molecule has 2 aromatic rings. The Morgan fingerprint density at radius 3 is 2.96 bits per heavy atom. The first kappa shape index (κ1) is 15.0. The van der Waals surface area contributed by atoms with Gasteiger partial charge in [-0.25, -0.2) is 4.79 Å². The Balaban J connectivity index is 2.04. The van der Waals surface area contributed by atoms with Gasteiger partial charge in [-0.3, -0.25) is 10.4 Å². The molecule has 0 aliphatic heterocycles. The summed E-state index contributed by atoms with van der Waals surface area (Å²) in [6.07, 6.45) is 2.54. The Labute approximate surface area is 136 Å². The lowest BCUT2D eigenvalue weighted by Gasteiger charge is -2.08. The topological polar surface area (TPSA) is 112 Å². The maximum Gasteiger partial charge on any atom is 0.328 e. The van der Waals surface area contributed by atoms with Crippen molar-refractivity contribution in [2.75, 3.05) is 6.54 Å². The molecule has 2 rings (SSSR count). The third kappa shape index (κ3) is 4.81. The molecule has 0 amide bonds. The van der Waals surface area contributed by atoms with Crippen LogP contribution in [0.4, 0.5) is 0 Å². The first-order valence-corrected chi connectivity index (χ1v) is 7.37. The maximum atomic E-state index is 11.4. The minimum atomic E-state index is -0.964. The Bertz CT molecular complexity index is 756. The number of nitrogens with two attached hydrogens (primary N) is 1. The van der Waals surface area contributed by atoms with E-state index in [9.17, 15) is 9.90 Å². The number of rotatable bonds is 7. The molecule has 0 aliphatic carbocycles. The molecule has 120 valence electrons. The van der Waals surface area contributed by atoms with E-state index in [1.54, 1.807) is 6.21 Å². The molecule has 0 bridgehead atoms. The number of nitrogens with zero attached hydrogens (tertiary/aromatic N) is 1. The number of carbonyl (C=O) groups is 1. The summed E-state index contributed by atoms with van der Waals surface area (Å²) in [6, 6.07) is 12.9. The Morgan fingerprint density at radius 2 is 2.17 bits per heavy atom. The summed E-state index contributed by atoms with van der Waals surface area (Å²) in [6.45, 7) is 0.446. The fourth-order valence-corrected chi connectivity index (χ4v) is 2.31. The summed E-state index contributed by atoms with van der Waals surface area (Å²) in [5, 5.41) is 17.2. The minimum absolute atomic E-state index is 0.0149. The van der Waals surface area contributed by atoms with Crippen LogP contribution in [0.1, 0.15) is 18.4 Å². The molecule has 0 heterocycles. The second-order valence-corrected chi connectivity index (χ2v) is 5.15. The van der Waals surface area contributed by atoms with E-state index in [-0.39, 0.29) is 5.96 Å². The van der Waals surface area contributed by atoms with Gasteiger partial charge in [-0.1, -0.05) is 42.5 Å². The highest BCUT2D eigenvalue weighted by molar-refractivity contribution is 6.00. The summed E-state index contributed by atoms with van der Waals surface area (Å²) in [7, 11) is 0. The summed E-state index contributed by atoms with van der Waals surface area (Å²) < 4.78 is 6.71. The van der Waals surface area contributed by atoms with Crippen LogP contribution in [0.2, 0.25) is 1.41 Å². The van der Waals surface area contributed by atoms with Gasteiger partial charge in [-0.05, 0) is 23.6 Å². The standard InChI is InChI=1S/C17H20N4O2/c18-17(19)20-10-4-9-15(16(22)23)21-11-13-7-3-6-12-5-1-2-8-14(12)13/h1-3,5-8,11,15H,4,9-10H2,(H,22,23)(H4,18,19,20)/t15-/m0/s1. The van der Waals surface area contributed by atoms with Crippen molar-refractivity contribution in [1.29, 1.82) is 5.40 Å². The van der Waals surface area contributed by atoms with E-state index < -0.39 is 12.0 Å². The molecule has 1 atom stereocenters. The van der Waals surface area contributed by atoms with Crippen LogP contribution < -0.4 is 11.1 Å². The molecule has 0 unspecified atom stereocenters. The van der Waals surface area contributed by atoms with Crippen molar-refractivity contribution in [3.05, 3.63) is 48.0 Å². The SMILES string of the molecule is [H]/N=C(\N)NCCC[C@H](N=Cc1cccc2ccccc12)C(=O)O. The fraction of sp³-hybridized carbons (Fsp3) is 0.235. The lowest BCUT2D eigenvalue weighted by Crippen LogP contribution is -2.31. The zero-order chi connectivity index (χ0) is 17.4. The van der Waals surface area contributed by atoms with Crippen molar-refractivity contribution in [2.45, 2.75) is 18.9 Å². The van der Waals surface area contributed by atoms with Gasteiger partial charge in [-0.2, -0.15) is 0 Å². The van der Waals surface area contributed by atoms with Crippen LogP contribution in [-0.4, -0.2) is 35.8 Å². The van der Waals surface area contributed by atoms with E-state index in [1.807, 2.05) is 42.5 Å². The number of aliphatic imine (C=N–C) groups is 1. The number of hydrogen-bond donors (Lipinski definition) is 4. The molecule has 6 nitrogen and oxygen atoms in total. The fourth-order valence-electron chi connectivity index (χ4n) is 2.31. The number of nitrogens with one attached hydrogen (secondary N) is 2. The predicted octanol–water partition coefficient (Wildman–Crippen LogP) is 1.98. The summed E-state index contributed by atoms with van der Waals surface area (Å²) >= 11 is 0. The number of benzene rings is 2. The van der Waals surface area contributed by atoms with Gasteiger partial charge in [0.15, 0.2) is 7.37 Å². The molecule has 0 spiro atoms. The summed E-state index contributed by atoms with van der Waals surface area (Å²) in [4.78, 5) is 15.6. The molecule has 2 aromatic carbocycles. The Kier molecular flexibility index (Phi) is 5.18. The van der Waals surface area contributed by atoms with Crippen LogP contribution in [0.5, 0.6) is 0 Å². The van der Waals surface area contributed by atoms with E-state index in [1.165, 1.54) is 0 Å². The van der Waals surface area contributed by atoms with Gasteiger partial charge < -0.3 is 16.2 Å². The van der Waals surface area contributed by atoms with Crippen molar-refractivity contribution in [1.82, 2.24) is 5.32 Å². The van der Waals surface area contributed by atoms with Gasteiger partial charge in [0.25, 0.3) is 0 Å². The second-order valence-electron chi connectivity index (χ2n) is 5.15. The molecular formula is C17H20N4O2.